The maximum absolute atomic E-state index is 5.50. The van der Waals surface area contributed by atoms with Crippen LogP contribution < -0.4 is 10.1 Å². The summed E-state index contributed by atoms with van der Waals surface area (Å²) in [7, 11) is 1.77. The number of rotatable bonds is 5. The number of ether oxygens (including phenoxy) is 1. The molecule has 106 valence electrons. The highest BCUT2D eigenvalue weighted by atomic mass is 16.5. The van der Waals surface area contributed by atoms with Crippen LogP contribution in [-0.4, -0.2) is 19.7 Å². The van der Waals surface area contributed by atoms with E-state index in [1.807, 2.05) is 0 Å². The van der Waals surface area contributed by atoms with Gasteiger partial charge in [0, 0.05) is 6.04 Å². The van der Waals surface area contributed by atoms with E-state index in [0.717, 1.165) is 30.7 Å². The molecule has 0 heterocycles. The third-order valence-electron chi connectivity index (χ3n) is 4.22. The zero-order valence-electron chi connectivity index (χ0n) is 12.5. The number of methoxy groups -OCH3 is 1. The van der Waals surface area contributed by atoms with Crippen molar-refractivity contribution in [1.82, 2.24) is 5.32 Å². The van der Waals surface area contributed by atoms with Gasteiger partial charge in [0.2, 0.25) is 0 Å². The van der Waals surface area contributed by atoms with E-state index in [1.54, 1.807) is 7.11 Å². The molecular weight excluding hydrogens is 234 g/mol. The molecule has 19 heavy (non-hydrogen) atoms. The summed E-state index contributed by atoms with van der Waals surface area (Å²) >= 11 is 0. The smallest absolute Gasteiger partial charge is 0.122 e. The second kappa shape index (κ2) is 6.95. The predicted molar refractivity (Wildman–Crippen MR) is 80.9 cm³/mol. The van der Waals surface area contributed by atoms with Crippen LogP contribution in [-0.2, 0) is 6.42 Å². The van der Waals surface area contributed by atoms with Crippen LogP contribution in [0.5, 0.6) is 5.75 Å². The summed E-state index contributed by atoms with van der Waals surface area (Å²) in [5.41, 5.74) is 2.71. The van der Waals surface area contributed by atoms with Gasteiger partial charge in [-0.2, -0.15) is 0 Å². The number of benzene rings is 1. The van der Waals surface area contributed by atoms with Crippen molar-refractivity contribution < 1.29 is 4.74 Å². The Hall–Kier alpha value is -1.02. The molecule has 0 bridgehead atoms. The first-order valence-corrected chi connectivity index (χ1v) is 7.59. The van der Waals surface area contributed by atoms with E-state index in [1.165, 1.54) is 36.8 Å². The third-order valence-corrected chi connectivity index (χ3v) is 4.22. The number of hydrogen-bond donors (Lipinski definition) is 1. The van der Waals surface area contributed by atoms with Crippen LogP contribution >= 0.6 is 0 Å². The molecule has 0 radical (unpaired) electrons. The van der Waals surface area contributed by atoms with Gasteiger partial charge in [0.25, 0.3) is 0 Å². The van der Waals surface area contributed by atoms with Crippen molar-refractivity contribution >= 4 is 0 Å². The Bertz CT molecular complexity index is 400. The van der Waals surface area contributed by atoms with Gasteiger partial charge in [0.1, 0.15) is 5.75 Å². The van der Waals surface area contributed by atoms with Gasteiger partial charge in [0.15, 0.2) is 0 Å². The van der Waals surface area contributed by atoms with E-state index < -0.39 is 0 Å². The van der Waals surface area contributed by atoms with Crippen molar-refractivity contribution in [3.05, 3.63) is 29.3 Å². The fourth-order valence-electron chi connectivity index (χ4n) is 3.33. The lowest BCUT2D eigenvalue weighted by Gasteiger charge is -2.30. The van der Waals surface area contributed by atoms with Gasteiger partial charge in [-0.3, -0.25) is 0 Å². The van der Waals surface area contributed by atoms with E-state index in [-0.39, 0.29) is 0 Å². The summed E-state index contributed by atoms with van der Waals surface area (Å²) in [6.45, 7) is 5.45. The Balaban J connectivity index is 2.01. The normalized spacial score (nSPS) is 23.3. The third kappa shape index (κ3) is 3.97. The standard InChI is InChI=1S/C17H27NO/c1-4-18-16-7-5-6-14(12-16)11-15-10-13(2)8-9-17(15)19-3/h8-10,14,16,18H,4-7,11-12H2,1-3H3. The SMILES string of the molecule is CCNC1CCCC(Cc2cc(C)ccc2OC)C1. The molecule has 1 saturated carbocycles. The molecule has 0 amide bonds. The Labute approximate surface area is 117 Å². The summed E-state index contributed by atoms with van der Waals surface area (Å²) in [5.74, 6) is 1.85. The lowest BCUT2D eigenvalue weighted by atomic mass is 9.81. The Kier molecular flexibility index (Phi) is 5.26. The molecule has 2 unspecified atom stereocenters. The van der Waals surface area contributed by atoms with Gasteiger partial charge in [0.05, 0.1) is 7.11 Å². The maximum Gasteiger partial charge on any atom is 0.122 e. The molecular formula is C17H27NO. The predicted octanol–water partition coefficient (Wildman–Crippen LogP) is 3.71. The Morgan fingerprint density at radius 2 is 2.16 bits per heavy atom. The summed E-state index contributed by atoms with van der Waals surface area (Å²) in [6.07, 6.45) is 6.53. The average Bonchev–Trinajstić information content (AvgIpc) is 2.40. The maximum atomic E-state index is 5.50. The molecule has 1 aliphatic carbocycles. The highest BCUT2D eigenvalue weighted by molar-refractivity contribution is 5.37. The zero-order valence-corrected chi connectivity index (χ0v) is 12.5. The molecule has 2 heteroatoms. The van der Waals surface area contributed by atoms with E-state index in [4.69, 9.17) is 4.74 Å². The molecule has 1 aliphatic rings. The number of aryl methyl sites for hydroxylation is 1. The van der Waals surface area contributed by atoms with Crippen LogP contribution in [0, 0.1) is 12.8 Å². The molecule has 0 aliphatic heterocycles. The lowest BCUT2D eigenvalue weighted by Crippen LogP contribution is -2.34. The van der Waals surface area contributed by atoms with Crippen LogP contribution in [0.4, 0.5) is 0 Å². The summed E-state index contributed by atoms with van der Waals surface area (Å²) in [5, 5.41) is 3.61. The minimum atomic E-state index is 0.722. The number of nitrogens with one attached hydrogen (secondary N) is 1. The van der Waals surface area contributed by atoms with Gasteiger partial charge in [-0.15, -0.1) is 0 Å². The van der Waals surface area contributed by atoms with Crippen molar-refractivity contribution in [1.29, 1.82) is 0 Å². The van der Waals surface area contributed by atoms with Gasteiger partial charge < -0.3 is 10.1 Å². The molecule has 1 aromatic carbocycles. The highest BCUT2D eigenvalue weighted by Crippen LogP contribution is 2.30. The zero-order chi connectivity index (χ0) is 13.7. The fourth-order valence-corrected chi connectivity index (χ4v) is 3.33. The Morgan fingerprint density at radius 3 is 2.89 bits per heavy atom. The van der Waals surface area contributed by atoms with Crippen molar-refractivity contribution in [2.24, 2.45) is 5.92 Å². The minimum absolute atomic E-state index is 0.722. The van der Waals surface area contributed by atoms with Crippen LogP contribution in [0.2, 0.25) is 0 Å². The molecule has 2 rings (SSSR count). The molecule has 0 spiro atoms. The Morgan fingerprint density at radius 1 is 1.32 bits per heavy atom. The van der Waals surface area contributed by atoms with Gasteiger partial charge in [-0.25, -0.2) is 0 Å². The summed E-state index contributed by atoms with van der Waals surface area (Å²) < 4.78 is 5.50. The summed E-state index contributed by atoms with van der Waals surface area (Å²) in [6, 6.07) is 7.25. The van der Waals surface area contributed by atoms with Crippen molar-refractivity contribution in [2.75, 3.05) is 13.7 Å². The quantitative estimate of drug-likeness (QED) is 0.872. The van der Waals surface area contributed by atoms with Crippen LogP contribution in [0.15, 0.2) is 18.2 Å². The van der Waals surface area contributed by atoms with Gasteiger partial charge in [-0.1, -0.05) is 37.5 Å². The molecule has 1 fully saturated rings. The van der Waals surface area contributed by atoms with E-state index in [0.29, 0.717) is 0 Å². The molecule has 0 saturated heterocycles. The largest absolute Gasteiger partial charge is 0.496 e. The first kappa shape index (κ1) is 14.4. The number of hydrogen-bond acceptors (Lipinski definition) is 2. The minimum Gasteiger partial charge on any atom is -0.496 e. The fraction of sp³-hybridized carbons (Fsp3) is 0.647. The van der Waals surface area contributed by atoms with E-state index in [2.05, 4.69) is 37.4 Å². The molecule has 1 N–H and O–H groups in total. The highest BCUT2D eigenvalue weighted by Gasteiger charge is 2.22. The molecule has 1 aromatic rings. The first-order valence-electron chi connectivity index (χ1n) is 7.59. The lowest BCUT2D eigenvalue weighted by molar-refractivity contribution is 0.284. The first-order chi connectivity index (χ1) is 9.22. The molecule has 0 aromatic heterocycles. The topological polar surface area (TPSA) is 21.3 Å². The van der Waals surface area contributed by atoms with Crippen LogP contribution in [0.25, 0.3) is 0 Å². The van der Waals surface area contributed by atoms with E-state index >= 15 is 0 Å². The second-order valence-corrected chi connectivity index (χ2v) is 5.81. The van der Waals surface area contributed by atoms with Gasteiger partial charge >= 0.3 is 0 Å². The average molecular weight is 261 g/mol. The molecule has 2 nitrogen and oxygen atoms in total. The second-order valence-electron chi connectivity index (χ2n) is 5.81. The van der Waals surface area contributed by atoms with Crippen molar-refractivity contribution in [3.63, 3.8) is 0 Å². The van der Waals surface area contributed by atoms with Gasteiger partial charge in [-0.05, 0) is 50.3 Å². The van der Waals surface area contributed by atoms with Crippen LogP contribution in [0.3, 0.4) is 0 Å². The molecule has 2 atom stereocenters. The van der Waals surface area contributed by atoms with Crippen molar-refractivity contribution in [2.45, 2.75) is 52.0 Å². The van der Waals surface area contributed by atoms with Crippen molar-refractivity contribution in [3.8, 4) is 5.75 Å². The van der Waals surface area contributed by atoms with Crippen LogP contribution in [0.1, 0.15) is 43.7 Å². The summed E-state index contributed by atoms with van der Waals surface area (Å²) in [4.78, 5) is 0. The van der Waals surface area contributed by atoms with E-state index in [9.17, 15) is 0 Å². The monoisotopic (exact) mass is 261 g/mol.